The van der Waals surface area contributed by atoms with Crippen LogP contribution in [0, 0.1) is 5.92 Å². The standard InChI is InChI=1S/C27H52O2/c1-5-7-9-11-13-15-17-19-21-23-26(24-29-27(28)25(3)4)22-20-18-16-14-12-10-8-6-2/h26H,3,5-24H2,1-2,4H3. The Morgan fingerprint density at radius 1 is 0.655 bits per heavy atom. The Morgan fingerprint density at radius 3 is 1.34 bits per heavy atom. The summed E-state index contributed by atoms with van der Waals surface area (Å²) in [5, 5.41) is 0. The van der Waals surface area contributed by atoms with Crippen LogP contribution in [-0.2, 0) is 9.53 Å². The smallest absolute Gasteiger partial charge is 0.333 e. The highest BCUT2D eigenvalue weighted by molar-refractivity contribution is 5.86. The average molecular weight is 409 g/mol. The van der Waals surface area contributed by atoms with Crippen LogP contribution in [0.3, 0.4) is 0 Å². The van der Waals surface area contributed by atoms with Crippen LogP contribution >= 0.6 is 0 Å². The van der Waals surface area contributed by atoms with E-state index in [1.54, 1.807) is 6.92 Å². The highest BCUT2D eigenvalue weighted by Crippen LogP contribution is 2.20. The lowest BCUT2D eigenvalue weighted by molar-refractivity contribution is -0.140. The predicted octanol–water partition coefficient (Wildman–Crippen LogP) is 9.17. The first-order valence-electron chi connectivity index (χ1n) is 12.9. The van der Waals surface area contributed by atoms with E-state index in [2.05, 4.69) is 20.4 Å². The van der Waals surface area contributed by atoms with Gasteiger partial charge in [0, 0.05) is 5.57 Å². The van der Waals surface area contributed by atoms with Gasteiger partial charge in [0.25, 0.3) is 0 Å². The maximum Gasteiger partial charge on any atom is 0.333 e. The SMILES string of the molecule is C=C(C)C(=O)OCC(CCCCCCCCCC)CCCCCCCCCCC. The van der Waals surface area contributed by atoms with Crippen molar-refractivity contribution in [3.63, 3.8) is 0 Å². The van der Waals surface area contributed by atoms with Crippen LogP contribution in [0.5, 0.6) is 0 Å². The number of rotatable bonds is 22. The van der Waals surface area contributed by atoms with Crippen molar-refractivity contribution in [1.82, 2.24) is 0 Å². The van der Waals surface area contributed by atoms with Crippen LogP contribution in [-0.4, -0.2) is 12.6 Å². The van der Waals surface area contributed by atoms with Gasteiger partial charge in [-0.15, -0.1) is 0 Å². The van der Waals surface area contributed by atoms with Gasteiger partial charge < -0.3 is 4.74 Å². The molecule has 29 heavy (non-hydrogen) atoms. The maximum absolute atomic E-state index is 11.8. The van der Waals surface area contributed by atoms with E-state index in [0.717, 1.165) is 0 Å². The monoisotopic (exact) mass is 408 g/mol. The first-order valence-corrected chi connectivity index (χ1v) is 12.9. The van der Waals surface area contributed by atoms with Crippen molar-refractivity contribution in [3.05, 3.63) is 12.2 Å². The van der Waals surface area contributed by atoms with Crippen molar-refractivity contribution in [2.24, 2.45) is 5.92 Å². The van der Waals surface area contributed by atoms with Crippen LogP contribution in [0.25, 0.3) is 0 Å². The highest BCUT2D eigenvalue weighted by Gasteiger charge is 2.12. The summed E-state index contributed by atoms with van der Waals surface area (Å²) in [5.41, 5.74) is 0.513. The second-order valence-electron chi connectivity index (χ2n) is 9.13. The normalized spacial score (nSPS) is 12.1. The average Bonchev–Trinajstić information content (AvgIpc) is 2.71. The molecule has 0 radical (unpaired) electrons. The Morgan fingerprint density at radius 2 is 1.00 bits per heavy atom. The number of hydrogen-bond donors (Lipinski definition) is 0. The van der Waals surface area contributed by atoms with E-state index >= 15 is 0 Å². The Bertz CT molecular complexity index is 375. The molecule has 0 saturated heterocycles. The van der Waals surface area contributed by atoms with E-state index in [1.807, 2.05) is 0 Å². The van der Waals surface area contributed by atoms with Gasteiger partial charge in [0.2, 0.25) is 0 Å². The van der Waals surface area contributed by atoms with E-state index in [1.165, 1.54) is 122 Å². The molecule has 0 N–H and O–H groups in total. The summed E-state index contributed by atoms with van der Waals surface area (Å²) in [4.78, 5) is 11.8. The lowest BCUT2D eigenvalue weighted by Crippen LogP contribution is -2.15. The quantitative estimate of drug-likeness (QED) is 0.101. The van der Waals surface area contributed by atoms with Crippen LogP contribution < -0.4 is 0 Å². The van der Waals surface area contributed by atoms with Crippen LogP contribution in [0.4, 0.5) is 0 Å². The molecule has 0 aromatic carbocycles. The molecule has 0 aliphatic heterocycles. The van der Waals surface area contributed by atoms with Gasteiger partial charge in [0.05, 0.1) is 6.61 Å². The zero-order valence-corrected chi connectivity index (χ0v) is 20.2. The molecule has 0 aliphatic carbocycles. The van der Waals surface area contributed by atoms with Crippen molar-refractivity contribution < 1.29 is 9.53 Å². The molecule has 0 amide bonds. The summed E-state index contributed by atoms with van der Waals surface area (Å²) in [7, 11) is 0. The first-order chi connectivity index (χ1) is 14.1. The van der Waals surface area contributed by atoms with Gasteiger partial charge in [-0.2, -0.15) is 0 Å². The molecular weight excluding hydrogens is 356 g/mol. The highest BCUT2D eigenvalue weighted by atomic mass is 16.5. The summed E-state index contributed by atoms with van der Waals surface area (Å²) >= 11 is 0. The summed E-state index contributed by atoms with van der Waals surface area (Å²) in [6.45, 7) is 10.6. The Labute approximate surface area is 183 Å². The van der Waals surface area contributed by atoms with Crippen molar-refractivity contribution in [3.8, 4) is 0 Å². The Hall–Kier alpha value is -0.790. The molecule has 0 saturated carbocycles. The van der Waals surface area contributed by atoms with E-state index in [9.17, 15) is 4.79 Å². The minimum atomic E-state index is -0.224. The molecule has 1 atom stereocenters. The lowest BCUT2D eigenvalue weighted by atomic mass is 9.94. The summed E-state index contributed by atoms with van der Waals surface area (Å²) in [6.07, 6.45) is 25.6. The molecule has 2 heteroatoms. The zero-order chi connectivity index (χ0) is 21.6. The van der Waals surface area contributed by atoms with E-state index in [0.29, 0.717) is 18.1 Å². The lowest BCUT2D eigenvalue weighted by Gasteiger charge is -2.17. The number of carbonyl (C=O) groups is 1. The van der Waals surface area contributed by atoms with Gasteiger partial charge in [0.15, 0.2) is 0 Å². The summed E-state index contributed by atoms with van der Waals surface area (Å²) in [5.74, 6) is 0.306. The van der Waals surface area contributed by atoms with Gasteiger partial charge in [0.1, 0.15) is 0 Å². The maximum atomic E-state index is 11.8. The molecule has 0 spiro atoms. The molecule has 0 rings (SSSR count). The van der Waals surface area contributed by atoms with Gasteiger partial charge in [-0.1, -0.05) is 130 Å². The van der Waals surface area contributed by atoms with Gasteiger partial charge in [-0.25, -0.2) is 4.79 Å². The molecule has 2 nitrogen and oxygen atoms in total. The third-order valence-electron chi connectivity index (χ3n) is 5.98. The predicted molar refractivity (Wildman–Crippen MR) is 128 cm³/mol. The van der Waals surface area contributed by atoms with Gasteiger partial charge in [-0.05, 0) is 25.7 Å². The van der Waals surface area contributed by atoms with Crippen LogP contribution in [0.15, 0.2) is 12.2 Å². The first kappa shape index (κ1) is 28.2. The van der Waals surface area contributed by atoms with E-state index < -0.39 is 0 Å². The van der Waals surface area contributed by atoms with Crippen molar-refractivity contribution in [2.45, 2.75) is 143 Å². The third kappa shape index (κ3) is 20.3. The molecule has 0 aromatic heterocycles. The minimum Gasteiger partial charge on any atom is -0.462 e. The second-order valence-corrected chi connectivity index (χ2v) is 9.13. The minimum absolute atomic E-state index is 0.224. The van der Waals surface area contributed by atoms with Gasteiger partial charge in [-0.3, -0.25) is 0 Å². The fourth-order valence-electron chi connectivity index (χ4n) is 3.94. The topological polar surface area (TPSA) is 26.3 Å². The van der Waals surface area contributed by atoms with E-state index in [4.69, 9.17) is 4.74 Å². The molecule has 0 heterocycles. The number of esters is 1. The fraction of sp³-hybridized carbons (Fsp3) is 0.889. The number of carbonyl (C=O) groups excluding carboxylic acids is 1. The largest absolute Gasteiger partial charge is 0.462 e. The zero-order valence-electron chi connectivity index (χ0n) is 20.2. The molecule has 0 fully saturated rings. The van der Waals surface area contributed by atoms with Crippen molar-refractivity contribution in [2.75, 3.05) is 6.61 Å². The second kappa shape index (κ2) is 21.9. The summed E-state index contributed by atoms with van der Waals surface area (Å²) < 4.78 is 5.48. The number of ether oxygens (including phenoxy) is 1. The van der Waals surface area contributed by atoms with E-state index in [-0.39, 0.29) is 5.97 Å². The molecule has 0 aromatic rings. The van der Waals surface area contributed by atoms with Crippen molar-refractivity contribution >= 4 is 5.97 Å². The van der Waals surface area contributed by atoms with Crippen LogP contribution in [0.1, 0.15) is 143 Å². The Kier molecular flexibility index (Phi) is 21.3. The fourth-order valence-corrected chi connectivity index (χ4v) is 3.94. The summed E-state index contributed by atoms with van der Waals surface area (Å²) in [6, 6.07) is 0. The van der Waals surface area contributed by atoms with Crippen LogP contribution in [0.2, 0.25) is 0 Å². The number of hydrogen-bond acceptors (Lipinski definition) is 2. The molecule has 172 valence electrons. The molecule has 0 bridgehead atoms. The molecular formula is C27H52O2. The third-order valence-corrected chi connectivity index (χ3v) is 5.98. The van der Waals surface area contributed by atoms with Crippen molar-refractivity contribution in [1.29, 1.82) is 0 Å². The number of unbranched alkanes of at least 4 members (excludes halogenated alkanes) is 15. The Balaban J connectivity index is 3.89. The molecule has 1 unspecified atom stereocenters. The van der Waals surface area contributed by atoms with Gasteiger partial charge >= 0.3 is 5.97 Å². The molecule has 0 aliphatic rings.